The second-order valence-corrected chi connectivity index (χ2v) is 5.11. The van der Waals surface area contributed by atoms with Gasteiger partial charge < -0.3 is 9.84 Å². The molecule has 6 nitrogen and oxygen atoms in total. The number of halogens is 1. The van der Waals surface area contributed by atoms with Crippen molar-refractivity contribution >= 4 is 11.6 Å². The third kappa shape index (κ3) is 4.30. The van der Waals surface area contributed by atoms with Crippen LogP contribution in [-0.2, 0) is 17.9 Å². The molecule has 22 heavy (non-hydrogen) atoms. The molecule has 118 valence electrons. The molecule has 2 N–H and O–H groups in total. The van der Waals surface area contributed by atoms with E-state index in [4.69, 9.17) is 21.4 Å². The Bertz CT molecular complexity index is 707. The predicted octanol–water partition coefficient (Wildman–Crippen LogP) is 0.701. The minimum atomic E-state index is -0.562. The summed E-state index contributed by atoms with van der Waals surface area (Å²) in [7, 11) is 0. The zero-order chi connectivity index (χ0) is 15.9. The van der Waals surface area contributed by atoms with Crippen LogP contribution in [0, 0.1) is 0 Å². The molecule has 0 amide bonds. The normalized spacial score (nSPS) is 12.3. The summed E-state index contributed by atoms with van der Waals surface area (Å²) in [6.07, 6.45) is 1.32. The third-order valence-corrected chi connectivity index (χ3v) is 3.49. The highest BCUT2D eigenvalue weighted by Crippen LogP contribution is 2.04. The number of hydrogen-bond donors (Lipinski definition) is 2. The molecule has 2 aromatic rings. The van der Waals surface area contributed by atoms with Crippen molar-refractivity contribution in [2.24, 2.45) is 0 Å². The Balaban J connectivity index is 2.20. The molecule has 0 saturated heterocycles. The van der Waals surface area contributed by atoms with Gasteiger partial charge in [-0.3, -0.25) is 14.3 Å². The molecule has 1 aromatic heterocycles. The molecule has 1 heterocycles. The average molecular weight is 325 g/mol. The first kappa shape index (κ1) is 16.5. The summed E-state index contributed by atoms with van der Waals surface area (Å²) in [5, 5.41) is 9.01. The summed E-state index contributed by atoms with van der Waals surface area (Å²) in [5.74, 6) is 0.117. The van der Waals surface area contributed by atoms with E-state index in [9.17, 15) is 9.59 Å². The third-order valence-electron chi connectivity index (χ3n) is 3.15. The molecule has 0 aliphatic heterocycles. The van der Waals surface area contributed by atoms with Crippen LogP contribution in [0.3, 0.4) is 0 Å². The second-order valence-electron chi connectivity index (χ2n) is 4.80. The predicted molar refractivity (Wildman–Crippen MR) is 83.2 cm³/mol. The van der Waals surface area contributed by atoms with Gasteiger partial charge >= 0.3 is 5.69 Å². The van der Waals surface area contributed by atoms with Crippen molar-refractivity contribution in [3.63, 3.8) is 0 Å². The Morgan fingerprint density at radius 1 is 1.27 bits per heavy atom. The van der Waals surface area contributed by atoms with Crippen LogP contribution in [0.25, 0.3) is 0 Å². The Kier molecular flexibility index (Phi) is 5.94. The molecule has 0 spiro atoms. The lowest BCUT2D eigenvalue weighted by Crippen LogP contribution is -2.34. The van der Waals surface area contributed by atoms with Gasteiger partial charge in [0, 0.05) is 18.2 Å². The number of aromatic nitrogens is 2. The number of hydrogen-bond acceptors (Lipinski definition) is 4. The Morgan fingerprint density at radius 3 is 2.64 bits per heavy atom. The number of H-pyrrole nitrogens is 1. The van der Waals surface area contributed by atoms with Gasteiger partial charge in [-0.05, 0) is 5.56 Å². The van der Waals surface area contributed by atoms with Gasteiger partial charge in [0.2, 0.25) is 0 Å². The fraction of sp³-hybridized carbons (Fsp3) is 0.333. The standard InChI is InChI=1S/C15H17ClN2O4/c16-7-13(9-19)22-10-18-8-12(14(20)17-15(18)21)6-11-4-2-1-3-5-11/h1-5,8,13,19H,6-7,9-10H2,(H,17,20,21). The van der Waals surface area contributed by atoms with E-state index < -0.39 is 17.4 Å². The fourth-order valence-electron chi connectivity index (χ4n) is 1.92. The lowest BCUT2D eigenvalue weighted by atomic mass is 10.1. The number of aromatic amines is 1. The van der Waals surface area contributed by atoms with Crippen LogP contribution in [0.2, 0.25) is 0 Å². The maximum absolute atomic E-state index is 11.9. The van der Waals surface area contributed by atoms with E-state index in [1.54, 1.807) is 0 Å². The number of nitrogens with zero attached hydrogens (tertiary/aromatic N) is 1. The van der Waals surface area contributed by atoms with Gasteiger partial charge in [-0.1, -0.05) is 30.3 Å². The SMILES string of the molecule is O=c1[nH]c(=O)n(COC(CO)CCl)cc1Cc1ccccc1. The van der Waals surface area contributed by atoms with E-state index in [1.165, 1.54) is 10.8 Å². The maximum atomic E-state index is 11.9. The summed E-state index contributed by atoms with van der Waals surface area (Å²) in [4.78, 5) is 25.9. The van der Waals surface area contributed by atoms with Crippen molar-refractivity contribution in [3.8, 4) is 0 Å². The van der Waals surface area contributed by atoms with Crippen LogP contribution in [-0.4, -0.2) is 33.2 Å². The topological polar surface area (TPSA) is 84.3 Å². The highest BCUT2D eigenvalue weighted by Gasteiger charge is 2.09. The van der Waals surface area contributed by atoms with Gasteiger partial charge in [-0.15, -0.1) is 11.6 Å². The molecule has 1 atom stereocenters. The first-order valence-electron chi connectivity index (χ1n) is 6.79. The van der Waals surface area contributed by atoms with Crippen molar-refractivity contribution < 1.29 is 9.84 Å². The van der Waals surface area contributed by atoms with Crippen LogP contribution in [0.5, 0.6) is 0 Å². The van der Waals surface area contributed by atoms with E-state index in [0.29, 0.717) is 12.0 Å². The number of nitrogens with one attached hydrogen (secondary N) is 1. The van der Waals surface area contributed by atoms with Gasteiger partial charge in [0.1, 0.15) is 6.73 Å². The Hall–Kier alpha value is -1.89. The summed E-state index contributed by atoms with van der Waals surface area (Å²) >= 11 is 5.61. The lowest BCUT2D eigenvalue weighted by Gasteiger charge is -2.14. The largest absolute Gasteiger partial charge is 0.394 e. The number of aliphatic hydroxyl groups is 1. The lowest BCUT2D eigenvalue weighted by molar-refractivity contribution is -0.0128. The first-order chi connectivity index (χ1) is 10.6. The fourth-order valence-corrected chi connectivity index (χ4v) is 2.11. The monoisotopic (exact) mass is 324 g/mol. The number of ether oxygens (including phenoxy) is 1. The Labute approximate surface area is 131 Å². The molecule has 0 aliphatic rings. The van der Waals surface area contributed by atoms with Crippen LogP contribution in [0.1, 0.15) is 11.1 Å². The molecule has 1 aromatic carbocycles. The maximum Gasteiger partial charge on any atom is 0.330 e. The van der Waals surface area contributed by atoms with E-state index in [2.05, 4.69) is 4.98 Å². The first-order valence-corrected chi connectivity index (χ1v) is 7.32. The molecule has 0 radical (unpaired) electrons. The average Bonchev–Trinajstić information content (AvgIpc) is 2.53. The second kappa shape index (κ2) is 7.93. The van der Waals surface area contributed by atoms with Crippen LogP contribution < -0.4 is 11.2 Å². The molecule has 0 fully saturated rings. The van der Waals surface area contributed by atoms with E-state index in [-0.39, 0.29) is 19.2 Å². The highest BCUT2D eigenvalue weighted by molar-refractivity contribution is 6.18. The van der Waals surface area contributed by atoms with Gasteiger partial charge in [-0.25, -0.2) is 4.79 Å². The van der Waals surface area contributed by atoms with Gasteiger partial charge in [0.25, 0.3) is 5.56 Å². The van der Waals surface area contributed by atoms with Gasteiger partial charge in [0.15, 0.2) is 0 Å². The van der Waals surface area contributed by atoms with E-state index >= 15 is 0 Å². The summed E-state index contributed by atoms with van der Waals surface area (Å²) in [6, 6.07) is 9.47. The summed E-state index contributed by atoms with van der Waals surface area (Å²) in [5.41, 5.74) is 0.447. The van der Waals surface area contributed by atoms with E-state index in [0.717, 1.165) is 5.56 Å². The van der Waals surface area contributed by atoms with Crippen LogP contribution >= 0.6 is 11.6 Å². The molecule has 7 heteroatoms. The molecular weight excluding hydrogens is 308 g/mol. The zero-order valence-corrected chi connectivity index (χ0v) is 12.6. The zero-order valence-electron chi connectivity index (χ0n) is 11.9. The van der Waals surface area contributed by atoms with Crippen LogP contribution in [0.15, 0.2) is 46.1 Å². The minimum Gasteiger partial charge on any atom is -0.394 e. The van der Waals surface area contributed by atoms with E-state index in [1.807, 2.05) is 30.3 Å². The molecule has 0 bridgehead atoms. The quantitative estimate of drug-likeness (QED) is 0.734. The molecule has 1 unspecified atom stereocenters. The summed E-state index contributed by atoms with van der Waals surface area (Å²) in [6.45, 7) is -0.326. The number of rotatable bonds is 7. The van der Waals surface area contributed by atoms with Crippen molar-refractivity contribution in [2.75, 3.05) is 12.5 Å². The number of benzene rings is 1. The highest BCUT2D eigenvalue weighted by atomic mass is 35.5. The minimum absolute atomic E-state index is 0.0879. The number of aliphatic hydroxyl groups excluding tert-OH is 1. The van der Waals surface area contributed by atoms with Gasteiger partial charge in [0.05, 0.1) is 18.6 Å². The smallest absolute Gasteiger partial charge is 0.330 e. The van der Waals surface area contributed by atoms with Crippen molar-refractivity contribution in [1.29, 1.82) is 0 Å². The number of alkyl halides is 1. The van der Waals surface area contributed by atoms with Crippen molar-refractivity contribution in [2.45, 2.75) is 19.3 Å². The van der Waals surface area contributed by atoms with Gasteiger partial charge in [-0.2, -0.15) is 0 Å². The van der Waals surface area contributed by atoms with Crippen molar-refractivity contribution in [1.82, 2.24) is 9.55 Å². The van der Waals surface area contributed by atoms with Crippen molar-refractivity contribution in [3.05, 3.63) is 68.5 Å². The molecule has 0 aliphatic carbocycles. The molecule has 2 rings (SSSR count). The molecule has 0 saturated carbocycles. The summed E-state index contributed by atoms with van der Waals surface area (Å²) < 4.78 is 6.56. The van der Waals surface area contributed by atoms with Crippen LogP contribution in [0.4, 0.5) is 0 Å². The molecular formula is C15H17ClN2O4. The Morgan fingerprint density at radius 2 is 2.00 bits per heavy atom.